The highest BCUT2D eigenvalue weighted by Gasteiger charge is 2.49. The first kappa shape index (κ1) is 24.8. The average Bonchev–Trinajstić information content (AvgIpc) is 3.16. The van der Waals surface area contributed by atoms with Crippen molar-refractivity contribution in [2.45, 2.75) is 69.9 Å². The van der Waals surface area contributed by atoms with Crippen LogP contribution in [0.3, 0.4) is 0 Å². The molecule has 0 radical (unpaired) electrons. The highest BCUT2D eigenvalue weighted by Crippen LogP contribution is 2.44. The van der Waals surface area contributed by atoms with Gasteiger partial charge in [0, 0.05) is 12.5 Å². The van der Waals surface area contributed by atoms with Gasteiger partial charge in [0.1, 0.15) is 17.7 Å². The molecule has 1 aliphatic carbocycles. The number of hydrogen-bond donors (Lipinski definition) is 2. The molecule has 2 atom stereocenters. The fraction of sp³-hybridized carbons (Fsp3) is 0.464. The van der Waals surface area contributed by atoms with Crippen LogP contribution in [-0.4, -0.2) is 52.2 Å². The number of nitrogens with one attached hydrogen (secondary N) is 1. The number of carboxylic acid groups (broad SMARTS) is 1. The highest BCUT2D eigenvalue weighted by atomic mass is 16.5. The Hall–Kier alpha value is -3.35. The minimum absolute atomic E-state index is 0.0846. The molecule has 186 valence electrons. The van der Waals surface area contributed by atoms with Crippen molar-refractivity contribution in [3.05, 3.63) is 59.7 Å². The monoisotopic (exact) mass is 478 g/mol. The maximum Gasteiger partial charge on any atom is 0.408 e. The minimum Gasteiger partial charge on any atom is -0.480 e. The minimum atomic E-state index is -1.28. The van der Waals surface area contributed by atoms with E-state index >= 15 is 0 Å². The smallest absolute Gasteiger partial charge is 0.408 e. The molecule has 2 aromatic rings. The molecule has 1 aliphatic heterocycles. The fourth-order valence-electron chi connectivity index (χ4n) is 5.55. The number of fused-ring (bicyclic) bond motifs is 3. The zero-order chi connectivity index (χ0) is 25.2. The molecule has 0 spiro atoms. The van der Waals surface area contributed by atoms with E-state index in [0.29, 0.717) is 25.8 Å². The molecular weight excluding hydrogens is 444 g/mol. The SMILES string of the molecule is CCCC(C)(NC(=O)OCC1c2ccccc2-c2ccccc21)C(=O)N1CCCCC1(C)C(=O)O. The lowest BCUT2D eigenvalue weighted by atomic mass is 9.85. The van der Waals surface area contributed by atoms with E-state index in [1.54, 1.807) is 13.8 Å². The summed E-state index contributed by atoms with van der Waals surface area (Å²) in [5, 5.41) is 12.6. The van der Waals surface area contributed by atoms with Crippen LogP contribution in [-0.2, 0) is 14.3 Å². The van der Waals surface area contributed by atoms with Gasteiger partial charge in [0.05, 0.1) is 0 Å². The lowest BCUT2D eigenvalue weighted by Crippen LogP contribution is -2.66. The van der Waals surface area contributed by atoms with E-state index in [1.807, 2.05) is 31.2 Å². The number of carbonyl (C=O) groups is 3. The number of benzene rings is 2. The van der Waals surface area contributed by atoms with Gasteiger partial charge in [-0.15, -0.1) is 0 Å². The Morgan fingerprint density at radius 1 is 1.09 bits per heavy atom. The third-order valence-corrected chi connectivity index (χ3v) is 7.54. The first-order valence-electron chi connectivity index (χ1n) is 12.4. The van der Waals surface area contributed by atoms with E-state index in [2.05, 4.69) is 29.6 Å². The summed E-state index contributed by atoms with van der Waals surface area (Å²) in [6.45, 7) is 5.68. The van der Waals surface area contributed by atoms with Crippen molar-refractivity contribution in [2.75, 3.05) is 13.2 Å². The van der Waals surface area contributed by atoms with E-state index in [9.17, 15) is 19.5 Å². The Labute approximate surface area is 206 Å². The zero-order valence-corrected chi connectivity index (χ0v) is 20.7. The second-order valence-electron chi connectivity index (χ2n) is 10.0. The van der Waals surface area contributed by atoms with Crippen molar-refractivity contribution in [1.29, 1.82) is 0 Å². The van der Waals surface area contributed by atoms with Gasteiger partial charge in [-0.2, -0.15) is 0 Å². The van der Waals surface area contributed by atoms with Crippen LogP contribution >= 0.6 is 0 Å². The van der Waals surface area contributed by atoms with Crippen LogP contribution in [0.5, 0.6) is 0 Å². The van der Waals surface area contributed by atoms with Crippen LogP contribution in [0, 0.1) is 0 Å². The number of ether oxygens (including phenoxy) is 1. The molecule has 2 aliphatic rings. The van der Waals surface area contributed by atoms with Crippen molar-refractivity contribution in [3.63, 3.8) is 0 Å². The molecule has 0 saturated carbocycles. The molecule has 0 aromatic heterocycles. The molecule has 35 heavy (non-hydrogen) atoms. The number of nitrogens with zero attached hydrogens (tertiary/aromatic N) is 1. The van der Waals surface area contributed by atoms with Crippen molar-refractivity contribution in [1.82, 2.24) is 10.2 Å². The lowest BCUT2D eigenvalue weighted by molar-refractivity contribution is -0.163. The zero-order valence-electron chi connectivity index (χ0n) is 20.7. The van der Waals surface area contributed by atoms with E-state index in [-0.39, 0.29) is 18.4 Å². The van der Waals surface area contributed by atoms with Crippen molar-refractivity contribution in [2.24, 2.45) is 0 Å². The predicted octanol–water partition coefficient (Wildman–Crippen LogP) is 4.94. The number of hydrogen-bond acceptors (Lipinski definition) is 4. The van der Waals surface area contributed by atoms with Crippen LogP contribution in [0.2, 0.25) is 0 Å². The van der Waals surface area contributed by atoms with Crippen LogP contribution in [0.4, 0.5) is 4.79 Å². The Kier molecular flexibility index (Phi) is 6.88. The number of amides is 2. The van der Waals surface area contributed by atoms with Gasteiger partial charge in [-0.3, -0.25) is 4.79 Å². The predicted molar refractivity (Wildman–Crippen MR) is 133 cm³/mol. The summed E-state index contributed by atoms with van der Waals surface area (Å²) >= 11 is 0. The molecule has 4 rings (SSSR count). The number of carboxylic acids is 1. The Bertz CT molecular complexity index is 1090. The van der Waals surface area contributed by atoms with Crippen molar-refractivity contribution < 1.29 is 24.2 Å². The Morgan fingerprint density at radius 2 is 1.69 bits per heavy atom. The second kappa shape index (κ2) is 9.72. The normalized spacial score (nSPS) is 20.9. The maximum absolute atomic E-state index is 13.6. The third-order valence-electron chi connectivity index (χ3n) is 7.54. The molecule has 2 unspecified atom stereocenters. The molecule has 7 nitrogen and oxygen atoms in total. The molecule has 0 bridgehead atoms. The molecule has 2 N–H and O–H groups in total. The lowest BCUT2D eigenvalue weighted by Gasteiger charge is -2.45. The average molecular weight is 479 g/mol. The number of piperidine rings is 1. The van der Waals surface area contributed by atoms with Crippen molar-refractivity contribution >= 4 is 18.0 Å². The van der Waals surface area contributed by atoms with E-state index in [1.165, 1.54) is 4.90 Å². The Morgan fingerprint density at radius 3 is 2.26 bits per heavy atom. The van der Waals surface area contributed by atoms with Crippen LogP contribution < -0.4 is 5.32 Å². The summed E-state index contributed by atoms with van der Waals surface area (Å²) in [6.07, 6.45) is 2.22. The molecule has 2 amide bonds. The summed E-state index contributed by atoms with van der Waals surface area (Å²) in [6, 6.07) is 16.2. The summed E-state index contributed by atoms with van der Waals surface area (Å²) in [4.78, 5) is 40.1. The maximum atomic E-state index is 13.6. The first-order chi connectivity index (χ1) is 16.7. The van der Waals surface area contributed by atoms with Gasteiger partial charge in [-0.05, 0) is 61.8 Å². The molecule has 7 heteroatoms. The van der Waals surface area contributed by atoms with Crippen LogP contribution in [0.1, 0.15) is 69.9 Å². The van der Waals surface area contributed by atoms with Gasteiger partial charge in [0.15, 0.2) is 0 Å². The standard InChI is InChI=1S/C28H34N2O5/c1-4-15-27(2,24(31)30-17-10-9-16-28(30,3)25(32)33)29-26(34)35-18-23-21-13-7-5-11-19(21)20-12-6-8-14-22(20)23/h5-8,11-14,23H,4,9-10,15-18H2,1-3H3,(H,29,34)(H,32,33). The van der Waals surface area contributed by atoms with Crippen LogP contribution in [0.25, 0.3) is 11.1 Å². The molecule has 2 aromatic carbocycles. The number of alkyl carbamates (subject to hydrolysis) is 1. The number of aliphatic carboxylic acids is 1. The number of carbonyl (C=O) groups excluding carboxylic acids is 2. The number of rotatable bonds is 7. The van der Waals surface area contributed by atoms with Gasteiger partial charge >= 0.3 is 12.1 Å². The molecule has 1 fully saturated rings. The van der Waals surface area contributed by atoms with Gasteiger partial charge in [-0.1, -0.05) is 61.9 Å². The van der Waals surface area contributed by atoms with Crippen LogP contribution in [0.15, 0.2) is 48.5 Å². The van der Waals surface area contributed by atoms with E-state index < -0.39 is 23.1 Å². The summed E-state index contributed by atoms with van der Waals surface area (Å²) in [7, 11) is 0. The van der Waals surface area contributed by atoms with E-state index in [0.717, 1.165) is 35.1 Å². The first-order valence-corrected chi connectivity index (χ1v) is 12.4. The van der Waals surface area contributed by atoms with Gasteiger partial charge < -0.3 is 20.1 Å². The summed E-state index contributed by atoms with van der Waals surface area (Å²) in [5.41, 5.74) is 1.96. The second-order valence-corrected chi connectivity index (χ2v) is 10.0. The fourth-order valence-corrected chi connectivity index (χ4v) is 5.55. The van der Waals surface area contributed by atoms with Gasteiger partial charge in [0.25, 0.3) is 0 Å². The van der Waals surface area contributed by atoms with Gasteiger partial charge in [0.2, 0.25) is 5.91 Å². The number of likely N-dealkylation sites (tertiary alicyclic amines) is 1. The van der Waals surface area contributed by atoms with E-state index in [4.69, 9.17) is 4.74 Å². The molecular formula is C28H34N2O5. The van der Waals surface area contributed by atoms with Crippen molar-refractivity contribution in [3.8, 4) is 11.1 Å². The third kappa shape index (κ3) is 4.51. The Balaban J connectivity index is 1.50. The highest BCUT2D eigenvalue weighted by molar-refractivity contribution is 5.94. The topological polar surface area (TPSA) is 95.9 Å². The summed E-state index contributed by atoms with van der Waals surface area (Å²) < 4.78 is 5.68. The largest absolute Gasteiger partial charge is 0.480 e. The quantitative estimate of drug-likeness (QED) is 0.588. The molecule has 1 heterocycles. The summed E-state index contributed by atoms with van der Waals surface area (Å²) in [5.74, 6) is -1.48. The molecule has 1 saturated heterocycles. The van der Waals surface area contributed by atoms with Gasteiger partial charge in [-0.25, -0.2) is 9.59 Å².